The molecular weight excluding hydrogens is 410 g/mol. The van der Waals surface area contributed by atoms with Crippen molar-refractivity contribution >= 4 is 44.3 Å². The van der Waals surface area contributed by atoms with Crippen LogP contribution in [0, 0.1) is 11.8 Å². The Hall–Kier alpha value is -3.33. The summed E-state index contributed by atoms with van der Waals surface area (Å²) in [6.07, 6.45) is 4.99. The smallest absolute Gasteiger partial charge is 0.245 e. The van der Waals surface area contributed by atoms with Crippen molar-refractivity contribution in [2.45, 2.75) is 18.9 Å². The van der Waals surface area contributed by atoms with E-state index in [1.807, 2.05) is 27.2 Å². The van der Waals surface area contributed by atoms with Crippen molar-refractivity contribution < 1.29 is 4.79 Å². The Bertz CT molecular complexity index is 1340. The first-order valence-electron chi connectivity index (χ1n) is 10.4. The van der Waals surface area contributed by atoms with E-state index in [1.54, 1.807) is 11.3 Å². The Morgan fingerprint density at radius 3 is 3.00 bits per heavy atom. The van der Waals surface area contributed by atoms with E-state index in [2.05, 4.69) is 27.6 Å². The van der Waals surface area contributed by atoms with Crippen LogP contribution in [-0.2, 0) is 4.79 Å². The van der Waals surface area contributed by atoms with Gasteiger partial charge in [0.25, 0.3) is 0 Å². The van der Waals surface area contributed by atoms with E-state index in [0.29, 0.717) is 17.7 Å². The number of anilines is 1. The van der Waals surface area contributed by atoms with Crippen molar-refractivity contribution in [3.63, 3.8) is 0 Å². The molecule has 1 aromatic carbocycles. The number of aromatic nitrogens is 5. The third kappa shape index (κ3) is 2.76. The van der Waals surface area contributed by atoms with Crippen molar-refractivity contribution in [1.29, 1.82) is 0 Å². The van der Waals surface area contributed by atoms with Crippen LogP contribution in [0.15, 0.2) is 42.7 Å². The van der Waals surface area contributed by atoms with Crippen LogP contribution in [0.2, 0.25) is 0 Å². The first-order chi connectivity index (χ1) is 15.1. The molecule has 1 aliphatic carbocycles. The Kier molecular flexibility index (Phi) is 4.07. The number of carbonyl (C=O) groups excluding carboxylic acids is 1. The molecule has 9 heteroatoms. The van der Waals surface area contributed by atoms with Crippen LogP contribution in [0.25, 0.3) is 32.5 Å². The fraction of sp³-hybridized carbons (Fsp3) is 0.318. The van der Waals surface area contributed by atoms with E-state index < -0.39 is 0 Å². The van der Waals surface area contributed by atoms with Crippen LogP contribution in [-0.4, -0.2) is 48.6 Å². The highest BCUT2D eigenvalue weighted by molar-refractivity contribution is 7.16. The van der Waals surface area contributed by atoms with Gasteiger partial charge in [0, 0.05) is 24.6 Å². The molecule has 8 nitrogen and oxygen atoms in total. The van der Waals surface area contributed by atoms with Gasteiger partial charge in [0.1, 0.15) is 17.8 Å². The second-order valence-corrected chi connectivity index (χ2v) is 9.19. The largest absolute Gasteiger partial charge is 0.383 e. The lowest BCUT2D eigenvalue weighted by molar-refractivity contribution is -0.125. The molecule has 2 N–H and O–H groups in total. The fourth-order valence-electron chi connectivity index (χ4n) is 5.28. The molecule has 3 unspecified atom stereocenters. The van der Waals surface area contributed by atoms with E-state index >= 15 is 0 Å². The SMILES string of the molecule is C=CC(=O)N1CC2CCC(n3nc(-c4ccc5ncsc5c4)c4c(N)ncnc43)C2C1. The third-order valence-electron chi connectivity index (χ3n) is 6.74. The molecule has 31 heavy (non-hydrogen) atoms. The van der Waals surface area contributed by atoms with Gasteiger partial charge in [0.2, 0.25) is 5.91 Å². The third-order valence-corrected chi connectivity index (χ3v) is 7.53. The number of nitrogens with two attached hydrogens (primary N) is 1. The fourth-order valence-corrected chi connectivity index (χ4v) is 6.00. The number of nitrogens with zero attached hydrogens (tertiary/aromatic N) is 6. The predicted octanol–water partition coefficient (Wildman–Crippen LogP) is 3.28. The van der Waals surface area contributed by atoms with Gasteiger partial charge < -0.3 is 10.6 Å². The molecule has 4 heterocycles. The average molecular weight is 432 g/mol. The van der Waals surface area contributed by atoms with Crippen LogP contribution < -0.4 is 5.73 Å². The van der Waals surface area contributed by atoms with Gasteiger partial charge in [-0.1, -0.05) is 12.6 Å². The summed E-state index contributed by atoms with van der Waals surface area (Å²) in [6.45, 7) is 5.15. The number of likely N-dealkylation sites (tertiary alicyclic amines) is 1. The summed E-state index contributed by atoms with van der Waals surface area (Å²) in [5, 5.41) is 5.82. The molecule has 0 spiro atoms. The van der Waals surface area contributed by atoms with E-state index in [1.165, 1.54) is 12.4 Å². The number of carbonyl (C=O) groups is 1. The molecule has 0 radical (unpaired) electrons. The van der Waals surface area contributed by atoms with Crippen molar-refractivity contribution in [3.05, 3.63) is 42.7 Å². The van der Waals surface area contributed by atoms with Gasteiger partial charge in [-0.15, -0.1) is 11.3 Å². The molecule has 4 aromatic rings. The number of fused-ring (bicyclic) bond motifs is 3. The summed E-state index contributed by atoms with van der Waals surface area (Å²) < 4.78 is 3.14. The topological polar surface area (TPSA) is 103 Å². The van der Waals surface area contributed by atoms with E-state index in [9.17, 15) is 4.79 Å². The summed E-state index contributed by atoms with van der Waals surface area (Å²) in [5.41, 5.74) is 11.7. The molecular formula is C22H21N7OS. The second-order valence-electron chi connectivity index (χ2n) is 8.30. The summed E-state index contributed by atoms with van der Waals surface area (Å²) >= 11 is 1.60. The summed E-state index contributed by atoms with van der Waals surface area (Å²) in [5.74, 6) is 1.26. The zero-order valence-electron chi connectivity index (χ0n) is 16.8. The van der Waals surface area contributed by atoms with E-state index in [-0.39, 0.29) is 11.9 Å². The lowest BCUT2D eigenvalue weighted by Crippen LogP contribution is -2.29. The maximum absolute atomic E-state index is 12.2. The highest BCUT2D eigenvalue weighted by Crippen LogP contribution is 2.46. The normalized spacial score (nSPS) is 23.0. The maximum atomic E-state index is 12.2. The number of rotatable bonds is 3. The standard InChI is InChI=1S/C22H21N7OS/c1-2-18(30)28-8-13-4-6-16(14(13)9-28)29-22-19(21(23)24-10-25-22)20(27-29)12-3-5-15-17(7-12)31-11-26-15/h2-3,5,7,10-11,13-14,16H,1,4,6,8-9H2,(H2,23,24,25). The van der Waals surface area contributed by atoms with Gasteiger partial charge in [0.05, 0.1) is 27.2 Å². The van der Waals surface area contributed by atoms with E-state index in [4.69, 9.17) is 10.8 Å². The van der Waals surface area contributed by atoms with Crippen molar-refractivity contribution in [2.24, 2.45) is 11.8 Å². The molecule has 156 valence electrons. The van der Waals surface area contributed by atoms with Crippen molar-refractivity contribution in [2.75, 3.05) is 18.8 Å². The molecule has 1 saturated carbocycles. The van der Waals surface area contributed by atoms with Crippen LogP contribution in [0.1, 0.15) is 18.9 Å². The Labute approximate surface area is 182 Å². The van der Waals surface area contributed by atoms with Crippen molar-refractivity contribution in [1.82, 2.24) is 29.6 Å². The first-order valence-corrected chi connectivity index (χ1v) is 11.3. The number of amides is 1. The van der Waals surface area contributed by atoms with Gasteiger partial charge in [0.15, 0.2) is 5.65 Å². The van der Waals surface area contributed by atoms with Gasteiger partial charge in [-0.05, 0) is 37.0 Å². The molecule has 6 rings (SSSR count). The number of benzene rings is 1. The van der Waals surface area contributed by atoms with Gasteiger partial charge >= 0.3 is 0 Å². The molecule has 1 amide bonds. The van der Waals surface area contributed by atoms with Crippen LogP contribution >= 0.6 is 11.3 Å². The second kappa shape index (κ2) is 6.84. The van der Waals surface area contributed by atoms with E-state index in [0.717, 1.165) is 58.4 Å². The molecule has 3 aromatic heterocycles. The minimum Gasteiger partial charge on any atom is -0.383 e. The monoisotopic (exact) mass is 431 g/mol. The lowest BCUT2D eigenvalue weighted by Gasteiger charge is -2.20. The zero-order valence-corrected chi connectivity index (χ0v) is 17.6. The van der Waals surface area contributed by atoms with Gasteiger partial charge in [-0.2, -0.15) is 5.10 Å². The predicted molar refractivity (Wildman–Crippen MR) is 120 cm³/mol. The highest BCUT2D eigenvalue weighted by Gasteiger charge is 2.45. The Morgan fingerprint density at radius 1 is 1.23 bits per heavy atom. The average Bonchev–Trinajstić information content (AvgIpc) is 3.54. The molecule has 3 atom stereocenters. The minimum absolute atomic E-state index is 0.00333. The lowest BCUT2D eigenvalue weighted by atomic mass is 9.98. The van der Waals surface area contributed by atoms with Crippen LogP contribution in [0.5, 0.6) is 0 Å². The molecule has 2 fully saturated rings. The van der Waals surface area contributed by atoms with Gasteiger partial charge in [-0.3, -0.25) is 4.79 Å². The summed E-state index contributed by atoms with van der Waals surface area (Å²) in [4.78, 5) is 27.2. The zero-order chi connectivity index (χ0) is 21.1. The highest BCUT2D eigenvalue weighted by atomic mass is 32.1. The van der Waals surface area contributed by atoms with Crippen LogP contribution in [0.4, 0.5) is 5.82 Å². The van der Waals surface area contributed by atoms with Crippen LogP contribution in [0.3, 0.4) is 0 Å². The van der Waals surface area contributed by atoms with Gasteiger partial charge in [-0.25, -0.2) is 19.6 Å². The molecule has 0 bridgehead atoms. The molecule has 1 aliphatic heterocycles. The Morgan fingerprint density at radius 2 is 2.13 bits per heavy atom. The summed E-state index contributed by atoms with van der Waals surface area (Å²) in [7, 11) is 0. The molecule has 2 aliphatic rings. The molecule has 1 saturated heterocycles. The Balaban J connectivity index is 1.47. The quantitative estimate of drug-likeness (QED) is 0.500. The number of hydrogen-bond donors (Lipinski definition) is 1. The minimum atomic E-state index is 0.00333. The first kappa shape index (κ1) is 18.4. The number of thiazole rings is 1. The maximum Gasteiger partial charge on any atom is 0.245 e. The number of hydrogen-bond acceptors (Lipinski definition) is 7. The summed E-state index contributed by atoms with van der Waals surface area (Å²) in [6, 6.07) is 6.31. The van der Waals surface area contributed by atoms with Crippen molar-refractivity contribution in [3.8, 4) is 11.3 Å². The number of nitrogen functional groups attached to an aromatic ring is 1.